The summed E-state index contributed by atoms with van der Waals surface area (Å²) in [5.41, 5.74) is 0.724. The molecule has 0 aromatic heterocycles. The number of amides is 1. The lowest BCUT2D eigenvalue weighted by atomic mass is 9.95. The maximum Gasteiger partial charge on any atom is 0.338 e. The summed E-state index contributed by atoms with van der Waals surface area (Å²) in [5.74, 6) is -2.80. The number of rotatable bonds is 7. The molecule has 38 heavy (non-hydrogen) atoms. The van der Waals surface area contributed by atoms with Crippen LogP contribution in [0.2, 0.25) is 10.0 Å². The minimum absolute atomic E-state index is 0.0277. The SMILES string of the molecule is CCCOC(=O)c1cccc(N2C(=O)C(=O)/C(=C(/O)c3cc(Cl)c(OC)c(Cl)c3)C2c2ccc(O)cc2)c1. The molecule has 196 valence electrons. The number of aromatic hydroxyl groups is 1. The molecule has 0 aliphatic carbocycles. The van der Waals surface area contributed by atoms with E-state index in [0.717, 1.165) is 0 Å². The van der Waals surface area contributed by atoms with Crippen LogP contribution in [0.3, 0.4) is 0 Å². The zero-order valence-corrected chi connectivity index (χ0v) is 21.9. The summed E-state index contributed by atoms with van der Waals surface area (Å²) in [7, 11) is 1.38. The van der Waals surface area contributed by atoms with Crippen LogP contribution in [-0.4, -0.2) is 41.6 Å². The molecule has 1 unspecified atom stereocenters. The number of phenolic OH excluding ortho intramolecular Hbond substituents is 1. The Labute approximate surface area is 228 Å². The van der Waals surface area contributed by atoms with Crippen LogP contribution in [0.1, 0.15) is 40.9 Å². The van der Waals surface area contributed by atoms with Crippen molar-refractivity contribution in [1.82, 2.24) is 0 Å². The van der Waals surface area contributed by atoms with E-state index in [-0.39, 0.29) is 50.5 Å². The normalized spacial score (nSPS) is 16.5. The van der Waals surface area contributed by atoms with Crippen LogP contribution < -0.4 is 9.64 Å². The molecule has 3 aromatic carbocycles. The summed E-state index contributed by atoms with van der Waals surface area (Å²) in [6, 6.07) is 13.6. The maximum absolute atomic E-state index is 13.4. The standard InChI is InChI=1S/C28H23Cl2NO7/c1-3-11-38-28(36)16-5-4-6-18(12-16)31-23(15-7-9-19(32)10-8-15)22(25(34)27(31)35)24(33)17-13-20(29)26(37-2)21(30)14-17/h4-10,12-14,23,32-33H,3,11H2,1-2H3/b24-22+. The van der Waals surface area contributed by atoms with Gasteiger partial charge in [0.1, 0.15) is 11.5 Å². The highest BCUT2D eigenvalue weighted by Crippen LogP contribution is 2.44. The van der Waals surface area contributed by atoms with Crippen molar-refractivity contribution in [3.63, 3.8) is 0 Å². The van der Waals surface area contributed by atoms with Crippen molar-refractivity contribution < 1.29 is 34.1 Å². The summed E-state index contributed by atoms with van der Waals surface area (Å²) >= 11 is 12.5. The van der Waals surface area contributed by atoms with Gasteiger partial charge in [0.05, 0.1) is 40.9 Å². The van der Waals surface area contributed by atoms with E-state index < -0.39 is 29.5 Å². The van der Waals surface area contributed by atoms with E-state index in [9.17, 15) is 24.6 Å². The highest BCUT2D eigenvalue weighted by atomic mass is 35.5. The molecule has 1 aliphatic heterocycles. The van der Waals surface area contributed by atoms with Crippen molar-refractivity contribution in [3.8, 4) is 11.5 Å². The summed E-state index contributed by atoms with van der Waals surface area (Å²) < 4.78 is 10.4. The molecule has 0 bridgehead atoms. The van der Waals surface area contributed by atoms with Gasteiger partial charge in [0.2, 0.25) is 0 Å². The van der Waals surface area contributed by atoms with Gasteiger partial charge in [-0.2, -0.15) is 0 Å². The zero-order chi connectivity index (χ0) is 27.6. The molecule has 1 aliphatic rings. The molecule has 0 saturated carbocycles. The van der Waals surface area contributed by atoms with Gasteiger partial charge in [0.25, 0.3) is 11.7 Å². The summed E-state index contributed by atoms with van der Waals surface area (Å²) in [4.78, 5) is 40.4. The number of ether oxygens (including phenoxy) is 2. The molecule has 1 atom stereocenters. The third kappa shape index (κ3) is 5.05. The Morgan fingerprint density at radius 2 is 1.66 bits per heavy atom. The molecular formula is C28H23Cl2NO7. The van der Waals surface area contributed by atoms with E-state index in [2.05, 4.69) is 0 Å². The van der Waals surface area contributed by atoms with Gasteiger partial charge < -0.3 is 19.7 Å². The average Bonchev–Trinajstić information content (AvgIpc) is 3.17. The number of phenols is 1. The van der Waals surface area contributed by atoms with Crippen LogP contribution in [0.4, 0.5) is 5.69 Å². The summed E-state index contributed by atoms with van der Waals surface area (Å²) in [6.45, 7) is 2.10. The molecular weight excluding hydrogens is 533 g/mol. The average molecular weight is 556 g/mol. The van der Waals surface area contributed by atoms with Gasteiger partial charge in [0.15, 0.2) is 5.75 Å². The maximum atomic E-state index is 13.4. The predicted octanol–water partition coefficient (Wildman–Crippen LogP) is 5.90. The highest BCUT2D eigenvalue weighted by molar-refractivity contribution is 6.52. The molecule has 2 N–H and O–H groups in total. The number of esters is 1. The summed E-state index contributed by atoms with van der Waals surface area (Å²) in [5, 5.41) is 21.3. The molecule has 1 amide bonds. The third-order valence-electron chi connectivity index (χ3n) is 5.93. The monoisotopic (exact) mass is 555 g/mol. The number of benzene rings is 3. The van der Waals surface area contributed by atoms with Gasteiger partial charge in [-0.1, -0.05) is 48.3 Å². The van der Waals surface area contributed by atoms with Gasteiger partial charge in [-0.05, 0) is 54.4 Å². The number of hydrogen-bond acceptors (Lipinski definition) is 7. The van der Waals surface area contributed by atoms with Gasteiger partial charge in [-0.25, -0.2) is 4.79 Å². The number of anilines is 1. The zero-order valence-electron chi connectivity index (χ0n) is 20.4. The number of aliphatic hydroxyl groups excluding tert-OH is 1. The number of hydrogen-bond donors (Lipinski definition) is 2. The summed E-state index contributed by atoms with van der Waals surface area (Å²) in [6.07, 6.45) is 0.639. The fraction of sp³-hybridized carbons (Fsp3) is 0.179. The molecule has 1 heterocycles. The number of carbonyl (C=O) groups is 3. The molecule has 3 aromatic rings. The van der Waals surface area contributed by atoms with Gasteiger partial charge in [0, 0.05) is 11.3 Å². The lowest BCUT2D eigenvalue weighted by Crippen LogP contribution is -2.29. The molecule has 0 spiro atoms. The minimum atomic E-state index is -1.10. The first kappa shape index (κ1) is 27.0. The number of Topliss-reactive ketones (excluding diaryl/α,β-unsaturated/α-hetero) is 1. The van der Waals surface area contributed by atoms with E-state index in [1.54, 1.807) is 12.1 Å². The number of halogens is 2. The highest BCUT2D eigenvalue weighted by Gasteiger charge is 2.47. The van der Waals surface area contributed by atoms with E-state index in [0.29, 0.717) is 12.0 Å². The van der Waals surface area contributed by atoms with Gasteiger partial charge in [-0.3, -0.25) is 14.5 Å². The Kier molecular flexibility index (Phi) is 7.94. The molecule has 8 nitrogen and oxygen atoms in total. The number of aliphatic hydroxyl groups is 1. The predicted molar refractivity (Wildman–Crippen MR) is 143 cm³/mol. The van der Waals surface area contributed by atoms with Crippen LogP contribution in [0, 0.1) is 0 Å². The van der Waals surface area contributed by atoms with Crippen LogP contribution in [0.15, 0.2) is 66.2 Å². The molecule has 0 radical (unpaired) electrons. The largest absolute Gasteiger partial charge is 0.508 e. The van der Waals surface area contributed by atoms with Crippen molar-refractivity contribution in [2.45, 2.75) is 19.4 Å². The van der Waals surface area contributed by atoms with E-state index >= 15 is 0 Å². The number of methoxy groups -OCH3 is 1. The lowest BCUT2D eigenvalue weighted by Gasteiger charge is -2.26. The second-order valence-electron chi connectivity index (χ2n) is 8.42. The number of nitrogens with zero attached hydrogens (tertiary/aromatic N) is 1. The quantitative estimate of drug-likeness (QED) is 0.161. The second-order valence-corrected chi connectivity index (χ2v) is 9.23. The second kappa shape index (κ2) is 11.2. The lowest BCUT2D eigenvalue weighted by molar-refractivity contribution is -0.132. The fourth-order valence-electron chi connectivity index (χ4n) is 4.18. The van der Waals surface area contributed by atoms with Crippen molar-refractivity contribution in [3.05, 3.63) is 93.0 Å². The Morgan fingerprint density at radius 3 is 2.26 bits per heavy atom. The van der Waals surface area contributed by atoms with Crippen molar-refractivity contribution in [1.29, 1.82) is 0 Å². The van der Waals surface area contributed by atoms with Crippen LogP contribution in [-0.2, 0) is 14.3 Å². The van der Waals surface area contributed by atoms with Gasteiger partial charge >= 0.3 is 5.97 Å². The third-order valence-corrected chi connectivity index (χ3v) is 6.49. The van der Waals surface area contributed by atoms with Crippen LogP contribution >= 0.6 is 23.2 Å². The first-order valence-electron chi connectivity index (χ1n) is 11.6. The smallest absolute Gasteiger partial charge is 0.338 e. The van der Waals surface area contributed by atoms with Crippen LogP contribution in [0.25, 0.3) is 5.76 Å². The van der Waals surface area contributed by atoms with Crippen molar-refractivity contribution in [2.75, 3.05) is 18.6 Å². The van der Waals surface area contributed by atoms with E-state index in [4.69, 9.17) is 32.7 Å². The Hall–Kier alpha value is -4.01. The molecule has 1 fully saturated rings. The van der Waals surface area contributed by atoms with E-state index in [1.807, 2.05) is 6.92 Å². The molecule has 1 saturated heterocycles. The first-order valence-corrected chi connectivity index (χ1v) is 12.3. The first-order chi connectivity index (χ1) is 18.2. The minimum Gasteiger partial charge on any atom is -0.508 e. The Morgan fingerprint density at radius 1 is 1.00 bits per heavy atom. The molecule has 4 rings (SSSR count). The fourth-order valence-corrected chi connectivity index (χ4v) is 4.82. The van der Waals surface area contributed by atoms with E-state index in [1.165, 1.54) is 60.5 Å². The van der Waals surface area contributed by atoms with Crippen LogP contribution in [0.5, 0.6) is 11.5 Å². The van der Waals surface area contributed by atoms with Crippen molar-refractivity contribution >= 4 is 52.3 Å². The topological polar surface area (TPSA) is 113 Å². The molecule has 10 heteroatoms. The van der Waals surface area contributed by atoms with Gasteiger partial charge in [-0.15, -0.1) is 0 Å². The Bertz CT molecular complexity index is 1430. The Balaban J connectivity index is 1.90. The van der Waals surface area contributed by atoms with Crippen molar-refractivity contribution in [2.24, 2.45) is 0 Å². The number of carbonyl (C=O) groups excluding carboxylic acids is 3. The number of ketones is 1.